The second-order valence-electron chi connectivity index (χ2n) is 3.85. The van der Waals surface area contributed by atoms with Crippen molar-refractivity contribution < 1.29 is 14.9 Å². The molecule has 1 saturated carbocycles. The van der Waals surface area contributed by atoms with E-state index >= 15 is 0 Å². The molecule has 2 N–H and O–H groups in total. The van der Waals surface area contributed by atoms with E-state index in [0.717, 1.165) is 5.57 Å². The summed E-state index contributed by atoms with van der Waals surface area (Å²) in [4.78, 5) is 0. The molecule has 1 aliphatic heterocycles. The zero-order chi connectivity index (χ0) is 8.93. The summed E-state index contributed by atoms with van der Waals surface area (Å²) in [5.41, 5.74) is 0.275. The highest BCUT2D eigenvalue weighted by molar-refractivity contribution is 6.11. The first-order valence-corrected chi connectivity index (χ1v) is 4.25. The Kier molecular flexibility index (Phi) is 1.62. The van der Waals surface area contributed by atoms with Gasteiger partial charge in [0.05, 0.1) is 12.7 Å². The Morgan fingerprint density at radius 3 is 2.75 bits per heavy atom. The standard InChI is InChI=1S/C8H13BO3/c1-4-2-8(3-10)6(11)5(4)7(9)12-8/h5-7,10-11H,1-3,9H2/t5-,6-,7?,8-/m1/s1. The van der Waals surface area contributed by atoms with E-state index in [1.165, 1.54) is 0 Å². The second kappa shape index (κ2) is 2.34. The van der Waals surface area contributed by atoms with Crippen molar-refractivity contribution in [3.63, 3.8) is 0 Å². The summed E-state index contributed by atoms with van der Waals surface area (Å²) < 4.78 is 5.52. The van der Waals surface area contributed by atoms with Crippen LogP contribution >= 0.6 is 0 Å². The fraction of sp³-hybridized carbons (Fsp3) is 0.750. The van der Waals surface area contributed by atoms with E-state index in [-0.39, 0.29) is 18.5 Å². The van der Waals surface area contributed by atoms with Crippen LogP contribution in [0.3, 0.4) is 0 Å². The Morgan fingerprint density at radius 1 is 1.75 bits per heavy atom. The third kappa shape index (κ3) is 0.776. The van der Waals surface area contributed by atoms with Gasteiger partial charge < -0.3 is 14.9 Å². The molecule has 2 bridgehead atoms. The van der Waals surface area contributed by atoms with Crippen molar-refractivity contribution in [2.75, 3.05) is 6.61 Å². The SMILES string of the molecule is BC1O[C@@]2(CO)CC(=C)[C@@H]1[C@H]2O. The van der Waals surface area contributed by atoms with Crippen molar-refractivity contribution >= 4 is 7.85 Å². The van der Waals surface area contributed by atoms with Crippen LogP contribution < -0.4 is 0 Å². The van der Waals surface area contributed by atoms with Gasteiger partial charge in [-0.3, -0.25) is 0 Å². The van der Waals surface area contributed by atoms with E-state index < -0.39 is 11.7 Å². The second-order valence-corrected chi connectivity index (χ2v) is 3.85. The van der Waals surface area contributed by atoms with Gasteiger partial charge in [-0.05, 0) is 0 Å². The predicted molar refractivity (Wildman–Crippen MR) is 46.5 cm³/mol. The number of aliphatic hydroxyl groups is 2. The molecule has 1 heterocycles. The molecule has 3 nitrogen and oxygen atoms in total. The molecule has 12 heavy (non-hydrogen) atoms. The van der Waals surface area contributed by atoms with Gasteiger partial charge in [0.1, 0.15) is 13.4 Å². The van der Waals surface area contributed by atoms with Gasteiger partial charge in [0.2, 0.25) is 0 Å². The van der Waals surface area contributed by atoms with Crippen LogP contribution in [0, 0.1) is 5.92 Å². The van der Waals surface area contributed by atoms with Crippen LogP contribution in [0.1, 0.15) is 6.42 Å². The Balaban J connectivity index is 2.34. The van der Waals surface area contributed by atoms with Crippen LogP contribution in [0.15, 0.2) is 12.2 Å². The van der Waals surface area contributed by atoms with Crippen LogP contribution in [-0.2, 0) is 4.74 Å². The third-order valence-electron chi connectivity index (χ3n) is 3.07. The van der Waals surface area contributed by atoms with Crippen LogP contribution in [-0.4, -0.2) is 42.4 Å². The minimum Gasteiger partial charge on any atom is -0.393 e. The van der Waals surface area contributed by atoms with E-state index in [2.05, 4.69) is 6.58 Å². The number of hydrogen-bond acceptors (Lipinski definition) is 3. The van der Waals surface area contributed by atoms with Gasteiger partial charge in [0.25, 0.3) is 0 Å². The average molecular weight is 168 g/mol. The lowest BCUT2D eigenvalue weighted by atomic mass is 9.83. The topological polar surface area (TPSA) is 49.7 Å². The molecule has 0 radical (unpaired) electrons. The van der Waals surface area contributed by atoms with E-state index in [1.54, 1.807) is 0 Å². The molecule has 2 fully saturated rings. The summed E-state index contributed by atoms with van der Waals surface area (Å²) in [5.74, 6) is 0.0251. The number of hydrogen-bond donors (Lipinski definition) is 2. The van der Waals surface area contributed by atoms with Crippen LogP contribution in [0.4, 0.5) is 0 Å². The van der Waals surface area contributed by atoms with Crippen molar-refractivity contribution in [1.82, 2.24) is 0 Å². The normalized spacial score (nSPS) is 51.8. The van der Waals surface area contributed by atoms with Crippen molar-refractivity contribution in [3.8, 4) is 0 Å². The molecule has 2 rings (SSSR count). The van der Waals surface area contributed by atoms with Gasteiger partial charge in [-0.1, -0.05) is 12.2 Å². The molecule has 0 aromatic rings. The van der Waals surface area contributed by atoms with Crippen molar-refractivity contribution in [1.29, 1.82) is 0 Å². The zero-order valence-electron chi connectivity index (χ0n) is 7.16. The smallest absolute Gasteiger partial charge is 0.140 e. The van der Waals surface area contributed by atoms with E-state index in [4.69, 9.17) is 9.84 Å². The van der Waals surface area contributed by atoms with Gasteiger partial charge >= 0.3 is 0 Å². The Hall–Kier alpha value is -0.315. The monoisotopic (exact) mass is 168 g/mol. The lowest BCUT2D eigenvalue weighted by molar-refractivity contribution is -0.0931. The van der Waals surface area contributed by atoms with Crippen LogP contribution in [0.25, 0.3) is 0 Å². The fourth-order valence-corrected chi connectivity index (χ4v) is 2.49. The molecule has 66 valence electrons. The minimum atomic E-state index is -0.735. The molecule has 4 heteroatoms. The number of rotatable bonds is 1. The molecular formula is C8H13BO3. The van der Waals surface area contributed by atoms with Gasteiger partial charge in [-0.15, -0.1) is 0 Å². The Bertz CT molecular complexity index is 230. The van der Waals surface area contributed by atoms with Gasteiger partial charge in [0.15, 0.2) is 0 Å². The summed E-state index contributed by atoms with van der Waals surface area (Å²) >= 11 is 0. The van der Waals surface area contributed by atoms with Crippen molar-refractivity contribution in [2.45, 2.75) is 24.1 Å². The molecule has 1 unspecified atom stereocenters. The summed E-state index contributed by atoms with van der Waals surface area (Å²) in [6.07, 6.45) is 0.0321. The van der Waals surface area contributed by atoms with Gasteiger partial charge in [-0.2, -0.15) is 0 Å². The van der Waals surface area contributed by atoms with E-state index in [0.29, 0.717) is 6.42 Å². The first-order valence-electron chi connectivity index (χ1n) is 4.25. The highest BCUT2D eigenvalue weighted by atomic mass is 16.5. The summed E-state index contributed by atoms with van der Waals surface area (Å²) in [6.45, 7) is 3.76. The first-order chi connectivity index (χ1) is 5.60. The molecule has 2 aliphatic rings. The minimum absolute atomic E-state index is 0.00611. The molecule has 0 aromatic heterocycles. The van der Waals surface area contributed by atoms with Gasteiger partial charge in [-0.25, -0.2) is 0 Å². The molecule has 1 aliphatic carbocycles. The Labute approximate surface area is 72.4 Å². The van der Waals surface area contributed by atoms with Crippen molar-refractivity contribution in [3.05, 3.63) is 12.2 Å². The molecule has 0 amide bonds. The largest absolute Gasteiger partial charge is 0.393 e. The maximum Gasteiger partial charge on any atom is 0.140 e. The highest BCUT2D eigenvalue weighted by Gasteiger charge is 2.59. The maximum absolute atomic E-state index is 9.77. The van der Waals surface area contributed by atoms with Gasteiger partial charge in [0, 0.05) is 18.3 Å². The van der Waals surface area contributed by atoms with E-state index in [9.17, 15) is 5.11 Å². The first kappa shape index (κ1) is 8.29. The number of ether oxygens (including phenoxy) is 1. The van der Waals surface area contributed by atoms with Crippen molar-refractivity contribution in [2.24, 2.45) is 5.92 Å². The third-order valence-corrected chi connectivity index (χ3v) is 3.07. The fourth-order valence-electron chi connectivity index (χ4n) is 2.49. The lowest BCUT2D eigenvalue weighted by Gasteiger charge is -2.28. The number of aliphatic hydroxyl groups excluding tert-OH is 2. The summed E-state index contributed by atoms with van der Waals surface area (Å²) in [6, 6.07) is -0.00611. The maximum atomic E-state index is 9.77. The predicted octanol–water partition coefficient (Wildman–Crippen LogP) is -1.36. The molecule has 1 saturated heterocycles. The van der Waals surface area contributed by atoms with Crippen LogP contribution in [0.5, 0.6) is 0 Å². The zero-order valence-corrected chi connectivity index (χ0v) is 7.16. The van der Waals surface area contributed by atoms with Crippen LogP contribution in [0.2, 0.25) is 0 Å². The molecule has 4 atom stereocenters. The summed E-state index contributed by atoms with van der Waals surface area (Å²) in [7, 11) is 1.91. The lowest BCUT2D eigenvalue weighted by Crippen LogP contribution is -2.40. The molecular weight excluding hydrogens is 155 g/mol. The number of fused-ring (bicyclic) bond motifs is 2. The highest BCUT2D eigenvalue weighted by Crippen LogP contribution is 2.49. The quantitative estimate of drug-likeness (QED) is 0.375. The summed E-state index contributed by atoms with van der Waals surface area (Å²) in [5, 5.41) is 18.9. The average Bonchev–Trinajstić information content (AvgIpc) is 2.37. The molecule has 0 spiro atoms. The molecule has 0 aromatic carbocycles. The Morgan fingerprint density at radius 2 is 2.42 bits per heavy atom. The van der Waals surface area contributed by atoms with E-state index in [1.807, 2.05) is 7.85 Å².